The molecule has 6 nitrogen and oxygen atoms in total. The Balaban J connectivity index is 2.63. The summed E-state index contributed by atoms with van der Waals surface area (Å²) in [4.78, 5) is 11.5. The van der Waals surface area contributed by atoms with Gasteiger partial charge in [0, 0.05) is 6.54 Å². The van der Waals surface area contributed by atoms with Gasteiger partial charge in [0.1, 0.15) is 6.07 Å². The molecule has 1 aromatic carbocycles. The van der Waals surface area contributed by atoms with Gasteiger partial charge in [-0.2, -0.15) is 5.26 Å². The van der Waals surface area contributed by atoms with Crippen LogP contribution in [0.15, 0.2) is 29.2 Å². The van der Waals surface area contributed by atoms with Gasteiger partial charge >= 0.3 is 5.97 Å². The summed E-state index contributed by atoms with van der Waals surface area (Å²) in [5.41, 5.74) is 0.974. The van der Waals surface area contributed by atoms with Crippen LogP contribution in [0.2, 0.25) is 0 Å². The van der Waals surface area contributed by atoms with Gasteiger partial charge in [0.05, 0.1) is 11.3 Å². The SMILES string of the molecule is C[C@H](C#N)OC(=O)CCNS(=O)(=O)c1ccc(C(C)(C)C)cc1. The fraction of sp³-hybridized carbons (Fsp3) is 0.500. The molecule has 7 heteroatoms. The number of esters is 1. The smallest absolute Gasteiger partial charge is 0.308 e. The van der Waals surface area contributed by atoms with Crippen molar-refractivity contribution in [1.29, 1.82) is 5.26 Å². The van der Waals surface area contributed by atoms with Gasteiger partial charge in [0.2, 0.25) is 10.0 Å². The highest BCUT2D eigenvalue weighted by Crippen LogP contribution is 2.23. The normalized spacial score (nSPS) is 13.2. The Morgan fingerprint density at radius 1 is 1.30 bits per heavy atom. The number of hydrogen-bond donors (Lipinski definition) is 1. The summed E-state index contributed by atoms with van der Waals surface area (Å²) in [5, 5.41) is 8.53. The van der Waals surface area contributed by atoms with Gasteiger partial charge in [-0.05, 0) is 30.0 Å². The Hall–Kier alpha value is -1.91. The van der Waals surface area contributed by atoms with E-state index in [0.717, 1.165) is 5.56 Å². The number of benzene rings is 1. The summed E-state index contributed by atoms with van der Waals surface area (Å²) in [5.74, 6) is -0.621. The molecule has 1 aromatic rings. The molecule has 1 rings (SSSR count). The van der Waals surface area contributed by atoms with Gasteiger partial charge in [0.15, 0.2) is 6.10 Å². The van der Waals surface area contributed by atoms with Crippen LogP contribution in [0, 0.1) is 11.3 Å². The second-order valence-electron chi connectivity index (χ2n) is 6.18. The predicted octanol–water partition coefficient (Wildman–Crippen LogP) is 2.11. The zero-order chi connectivity index (χ0) is 17.7. The summed E-state index contributed by atoms with van der Waals surface area (Å²) < 4.78 is 31.4. The number of hydrogen-bond acceptors (Lipinski definition) is 5. The summed E-state index contributed by atoms with van der Waals surface area (Å²) >= 11 is 0. The Morgan fingerprint density at radius 3 is 2.35 bits per heavy atom. The van der Waals surface area contributed by atoms with Crippen molar-refractivity contribution < 1.29 is 17.9 Å². The molecule has 1 N–H and O–H groups in total. The van der Waals surface area contributed by atoms with Crippen molar-refractivity contribution in [3.05, 3.63) is 29.8 Å². The van der Waals surface area contributed by atoms with Crippen molar-refractivity contribution in [3.8, 4) is 6.07 Å². The van der Waals surface area contributed by atoms with Crippen molar-refractivity contribution in [2.24, 2.45) is 0 Å². The third-order valence-corrected chi connectivity index (χ3v) is 4.62. The fourth-order valence-electron chi connectivity index (χ4n) is 1.79. The standard InChI is InChI=1S/C16H22N2O4S/c1-12(11-17)22-15(19)9-10-18-23(20,21)14-7-5-13(6-8-14)16(2,3)4/h5-8,12,18H,9-10H2,1-4H3/t12-/m1/s1. The van der Waals surface area contributed by atoms with E-state index in [-0.39, 0.29) is 23.3 Å². The van der Waals surface area contributed by atoms with E-state index in [4.69, 9.17) is 10.00 Å². The molecule has 0 aliphatic heterocycles. The molecule has 0 saturated carbocycles. The molecule has 0 heterocycles. The summed E-state index contributed by atoms with van der Waals surface area (Å²) in [6.45, 7) is 7.49. The van der Waals surface area contributed by atoms with Gasteiger partial charge in [-0.1, -0.05) is 32.9 Å². The molecule has 0 aliphatic carbocycles. The molecule has 126 valence electrons. The zero-order valence-electron chi connectivity index (χ0n) is 13.8. The summed E-state index contributed by atoms with van der Waals surface area (Å²) in [6, 6.07) is 8.40. The quantitative estimate of drug-likeness (QED) is 0.801. The second kappa shape index (κ2) is 7.57. The molecule has 1 atom stereocenters. The van der Waals surface area contributed by atoms with Gasteiger partial charge in [-0.25, -0.2) is 13.1 Å². The van der Waals surface area contributed by atoms with Crippen LogP contribution in [0.4, 0.5) is 0 Å². The number of nitriles is 1. The monoisotopic (exact) mass is 338 g/mol. The number of nitrogens with one attached hydrogen (secondary N) is 1. The third kappa shape index (κ3) is 6.00. The van der Waals surface area contributed by atoms with E-state index < -0.39 is 22.1 Å². The average Bonchev–Trinajstić information content (AvgIpc) is 2.46. The molecule has 0 amide bonds. The van der Waals surface area contributed by atoms with Crippen LogP contribution in [0.1, 0.15) is 39.7 Å². The summed E-state index contributed by atoms with van der Waals surface area (Å²) in [6.07, 6.45) is -0.977. The van der Waals surface area contributed by atoms with E-state index in [1.807, 2.05) is 20.8 Å². The van der Waals surface area contributed by atoms with Crippen LogP contribution in [0.3, 0.4) is 0 Å². The Kier molecular flexibility index (Phi) is 6.30. The van der Waals surface area contributed by atoms with E-state index >= 15 is 0 Å². The van der Waals surface area contributed by atoms with Crippen molar-refractivity contribution in [3.63, 3.8) is 0 Å². The van der Waals surface area contributed by atoms with Gasteiger partial charge in [0.25, 0.3) is 0 Å². The van der Waals surface area contributed by atoms with Crippen molar-refractivity contribution in [2.75, 3.05) is 6.54 Å². The minimum Gasteiger partial charge on any atom is -0.447 e. The molecule has 0 radical (unpaired) electrons. The molecule has 0 bridgehead atoms. The van der Waals surface area contributed by atoms with Gasteiger partial charge < -0.3 is 4.74 Å². The predicted molar refractivity (Wildman–Crippen MR) is 86.1 cm³/mol. The number of ether oxygens (including phenoxy) is 1. The van der Waals surface area contributed by atoms with Crippen LogP contribution < -0.4 is 4.72 Å². The molecule has 23 heavy (non-hydrogen) atoms. The number of sulfonamides is 1. The van der Waals surface area contributed by atoms with E-state index in [9.17, 15) is 13.2 Å². The first kappa shape index (κ1) is 19.1. The molecule has 0 aliphatic rings. The lowest BCUT2D eigenvalue weighted by Crippen LogP contribution is -2.27. The molecule has 0 spiro atoms. The minimum atomic E-state index is -3.68. The fourth-order valence-corrected chi connectivity index (χ4v) is 2.82. The number of carbonyl (C=O) groups is 1. The molecule has 0 unspecified atom stereocenters. The average molecular weight is 338 g/mol. The van der Waals surface area contributed by atoms with Crippen LogP contribution in [0.25, 0.3) is 0 Å². The highest BCUT2D eigenvalue weighted by Gasteiger charge is 2.18. The van der Waals surface area contributed by atoms with Crippen molar-refractivity contribution in [2.45, 2.75) is 50.5 Å². The Morgan fingerprint density at radius 2 is 1.87 bits per heavy atom. The van der Waals surface area contributed by atoms with E-state index in [2.05, 4.69) is 4.72 Å². The first-order valence-corrected chi connectivity index (χ1v) is 8.74. The van der Waals surface area contributed by atoms with Crippen LogP contribution in [-0.4, -0.2) is 27.0 Å². The lowest BCUT2D eigenvalue weighted by molar-refractivity contribution is -0.145. The molecular formula is C16H22N2O4S. The maximum atomic E-state index is 12.1. The van der Waals surface area contributed by atoms with Crippen LogP contribution >= 0.6 is 0 Å². The second-order valence-corrected chi connectivity index (χ2v) is 7.95. The largest absolute Gasteiger partial charge is 0.447 e. The first-order chi connectivity index (χ1) is 10.6. The zero-order valence-corrected chi connectivity index (χ0v) is 14.6. The van der Waals surface area contributed by atoms with Gasteiger partial charge in [-0.15, -0.1) is 0 Å². The number of rotatable bonds is 6. The third-order valence-electron chi connectivity index (χ3n) is 3.14. The molecule has 0 saturated heterocycles. The van der Waals surface area contributed by atoms with Crippen molar-refractivity contribution in [1.82, 2.24) is 4.72 Å². The topological polar surface area (TPSA) is 96.3 Å². The van der Waals surface area contributed by atoms with Crippen LogP contribution in [0.5, 0.6) is 0 Å². The number of nitrogens with zero attached hydrogens (tertiary/aromatic N) is 1. The van der Waals surface area contributed by atoms with Crippen LogP contribution in [-0.2, 0) is 25.0 Å². The minimum absolute atomic E-state index is 0.0586. The molecule has 0 fully saturated rings. The van der Waals surface area contributed by atoms with Gasteiger partial charge in [-0.3, -0.25) is 4.79 Å². The number of carbonyl (C=O) groups excluding carboxylic acids is 1. The van der Waals surface area contributed by atoms with Crippen molar-refractivity contribution >= 4 is 16.0 Å². The highest BCUT2D eigenvalue weighted by atomic mass is 32.2. The molecular weight excluding hydrogens is 316 g/mol. The molecule has 0 aromatic heterocycles. The van der Waals surface area contributed by atoms with E-state index in [0.29, 0.717) is 0 Å². The van der Waals surface area contributed by atoms with E-state index in [1.165, 1.54) is 6.92 Å². The maximum Gasteiger partial charge on any atom is 0.308 e. The Labute approximate surface area is 137 Å². The lowest BCUT2D eigenvalue weighted by atomic mass is 9.87. The van der Waals surface area contributed by atoms with E-state index in [1.54, 1.807) is 30.3 Å². The summed E-state index contributed by atoms with van der Waals surface area (Å²) in [7, 11) is -3.68. The lowest BCUT2D eigenvalue weighted by Gasteiger charge is -2.19. The maximum absolute atomic E-state index is 12.1. The first-order valence-electron chi connectivity index (χ1n) is 7.25. The Bertz CT molecular complexity index is 682. The highest BCUT2D eigenvalue weighted by molar-refractivity contribution is 7.89.